The zero-order chi connectivity index (χ0) is 21.3. The second-order valence-electron chi connectivity index (χ2n) is 7.55. The summed E-state index contributed by atoms with van der Waals surface area (Å²) >= 11 is 6.00. The Balaban J connectivity index is 1.69. The normalized spacial score (nSPS) is 14.7. The van der Waals surface area contributed by atoms with E-state index in [0.717, 1.165) is 30.5 Å². The van der Waals surface area contributed by atoms with Crippen LogP contribution in [-0.4, -0.2) is 30.4 Å². The van der Waals surface area contributed by atoms with Crippen molar-refractivity contribution in [1.82, 2.24) is 9.78 Å². The molecule has 1 aliphatic carbocycles. The van der Waals surface area contributed by atoms with Crippen LogP contribution >= 0.6 is 11.6 Å². The highest BCUT2D eigenvalue weighted by atomic mass is 35.5. The van der Waals surface area contributed by atoms with Crippen molar-refractivity contribution < 1.29 is 13.2 Å². The largest absolute Gasteiger partial charge is 0.306 e. The van der Waals surface area contributed by atoms with Crippen molar-refractivity contribution in [2.75, 3.05) is 11.6 Å². The Morgan fingerprint density at radius 2 is 1.80 bits per heavy atom. The molecule has 156 valence electrons. The van der Waals surface area contributed by atoms with Gasteiger partial charge < -0.3 is 5.32 Å². The second kappa shape index (κ2) is 8.24. The van der Waals surface area contributed by atoms with Crippen molar-refractivity contribution >= 4 is 33.2 Å². The average molecular weight is 444 g/mol. The minimum atomic E-state index is -3.55. The summed E-state index contributed by atoms with van der Waals surface area (Å²) in [6.07, 6.45) is 5.61. The average Bonchev–Trinajstić information content (AvgIpc) is 3.38. The van der Waals surface area contributed by atoms with Crippen LogP contribution < -0.4 is 5.32 Å². The minimum Gasteiger partial charge on any atom is -0.306 e. The van der Waals surface area contributed by atoms with Crippen molar-refractivity contribution in [3.63, 3.8) is 0 Å². The van der Waals surface area contributed by atoms with Crippen LogP contribution in [0.5, 0.6) is 0 Å². The lowest BCUT2D eigenvalue weighted by atomic mass is 10.0. The fourth-order valence-corrected chi connectivity index (χ4v) is 5.09. The lowest BCUT2D eigenvalue weighted by Crippen LogP contribution is -2.15. The standard InChI is InChI=1S/C22H22ClN3O3S/c1-30(28,29)20-13-16(11-12-18(20)23)22(27)24-21-14-19(15-7-5-6-8-15)25-26(21)17-9-3-2-4-10-17/h2-4,9-15H,5-8H2,1H3,(H,24,27). The van der Waals surface area contributed by atoms with Gasteiger partial charge >= 0.3 is 0 Å². The number of nitrogens with zero attached hydrogens (tertiary/aromatic N) is 2. The molecule has 0 bridgehead atoms. The number of carbonyl (C=O) groups excluding carboxylic acids is 1. The van der Waals surface area contributed by atoms with E-state index < -0.39 is 15.7 Å². The lowest BCUT2D eigenvalue weighted by Gasteiger charge is -2.10. The molecule has 1 fully saturated rings. The number of carbonyl (C=O) groups is 1. The van der Waals surface area contributed by atoms with E-state index in [1.807, 2.05) is 36.4 Å². The molecular formula is C22H22ClN3O3S. The first-order valence-corrected chi connectivity index (χ1v) is 12.1. The highest BCUT2D eigenvalue weighted by Crippen LogP contribution is 2.35. The van der Waals surface area contributed by atoms with Gasteiger partial charge in [-0.2, -0.15) is 5.10 Å². The number of aromatic nitrogens is 2. The molecule has 0 aliphatic heterocycles. The second-order valence-corrected chi connectivity index (χ2v) is 9.95. The number of amides is 1. The van der Waals surface area contributed by atoms with Gasteiger partial charge in [0.1, 0.15) is 5.82 Å². The summed E-state index contributed by atoms with van der Waals surface area (Å²) in [5.41, 5.74) is 2.01. The van der Waals surface area contributed by atoms with Gasteiger partial charge in [-0.25, -0.2) is 13.1 Å². The highest BCUT2D eigenvalue weighted by molar-refractivity contribution is 7.90. The number of hydrogen-bond donors (Lipinski definition) is 1. The Labute approximate surface area is 180 Å². The van der Waals surface area contributed by atoms with Crippen LogP contribution in [0.1, 0.15) is 47.7 Å². The Kier molecular flexibility index (Phi) is 5.66. The predicted molar refractivity (Wildman–Crippen MR) is 117 cm³/mol. The van der Waals surface area contributed by atoms with E-state index in [2.05, 4.69) is 5.32 Å². The van der Waals surface area contributed by atoms with Crippen LogP contribution in [0.15, 0.2) is 59.5 Å². The molecule has 0 unspecified atom stereocenters. The Morgan fingerprint density at radius 1 is 1.10 bits per heavy atom. The van der Waals surface area contributed by atoms with Gasteiger partial charge in [0.15, 0.2) is 9.84 Å². The Hall–Kier alpha value is -2.64. The zero-order valence-electron chi connectivity index (χ0n) is 16.5. The van der Waals surface area contributed by atoms with E-state index in [1.165, 1.54) is 31.0 Å². The van der Waals surface area contributed by atoms with Crippen molar-refractivity contribution in [2.45, 2.75) is 36.5 Å². The minimum absolute atomic E-state index is 0.0694. The topological polar surface area (TPSA) is 81.1 Å². The summed E-state index contributed by atoms with van der Waals surface area (Å²) in [6.45, 7) is 0. The van der Waals surface area contributed by atoms with Crippen LogP contribution in [0.25, 0.3) is 5.69 Å². The van der Waals surface area contributed by atoms with Gasteiger partial charge in [0.25, 0.3) is 5.91 Å². The molecule has 3 aromatic rings. The third-order valence-electron chi connectivity index (χ3n) is 5.34. The lowest BCUT2D eigenvalue weighted by molar-refractivity contribution is 0.102. The molecule has 1 aliphatic rings. The van der Waals surface area contributed by atoms with E-state index in [4.69, 9.17) is 16.7 Å². The number of benzene rings is 2. The van der Waals surface area contributed by atoms with Gasteiger partial charge in [0.2, 0.25) is 0 Å². The first kappa shape index (κ1) is 20.6. The maximum absolute atomic E-state index is 12.9. The molecule has 0 radical (unpaired) electrons. The maximum Gasteiger partial charge on any atom is 0.256 e. The quantitative estimate of drug-likeness (QED) is 0.611. The van der Waals surface area contributed by atoms with Crippen LogP contribution in [0.4, 0.5) is 5.82 Å². The number of nitrogens with one attached hydrogen (secondary N) is 1. The van der Waals surface area contributed by atoms with Gasteiger partial charge in [0, 0.05) is 23.8 Å². The van der Waals surface area contributed by atoms with Crippen LogP contribution in [0, 0.1) is 0 Å². The SMILES string of the molecule is CS(=O)(=O)c1cc(C(=O)Nc2cc(C3CCCC3)nn2-c2ccccc2)ccc1Cl. The van der Waals surface area contributed by atoms with Crippen molar-refractivity contribution in [2.24, 2.45) is 0 Å². The molecule has 1 N–H and O–H groups in total. The Morgan fingerprint density at radius 3 is 2.47 bits per heavy atom. The fraction of sp³-hybridized carbons (Fsp3) is 0.273. The number of sulfone groups is 1. The zero-order valence-corrected chi connectivity index (χ0v) is 18.1. The molecule has 0 spiro atoms. The molecule has 0 saturated heterocycles. The smallest absolute Gasteiger partial charge is 0.256 e. The van der Waals surface area contributed by atoms with E-state index in [1.54, 1.807) is 4.68 Å². The van der Waals surface area contributed by atoms with Crippen LogP contribution in [0.2, 0.25) is 5.02 Å². The van der Waals surface area contributed by atoms with Crippen molar-refractivity contribution in [1.29, 1.82) is 0 Å². The van der Waals surface area contributed by atoms with Gasteiger partial charge in [-0.15, -0.1) is 0 Å². The molecule has 2 aromatic carbocycles. The summed E-state index contributed by atoms with van der Waals surface area (Å²) < 4.78 is 25.6. The summed E-state index contributed by atoms with van der Waals surface area (Å²) in [5.74, 6) is 0.508. The first-order chi connectivity index (χ1) is 14.3. The number of para-hydroxylation sites is 1. The molecule has 1 aromatic heterocycles. The molecule has 1 heterocycles. The summed E-state index contributed by atoms with van der Waals surface area (Å²) in [7, 11) is -3.55. The number of hydrogen-bond acceptors (Lipinski definition) is 4. The first-order valence-electron chi connectivity index (χ1n) is 9.79. The van der Waals surface area contributed by atoms with E-state index in [9.17, 15) is 13.2 Å². The third kappa shape index (κ3) is 4.27. The van der Waals surface area contributed by atoms with Gasteiger partial charge in [-0.1, -0.05) is 42.6 Å². The summed E-state index contributed by atoms with van der Waals surface area (Å²) in [6, 6.07) is 15.7. The van der Waals surface area contributed by atoms with Gasteiger partial charge in [-0.05, 0) is 43.2 Å². The molecule has 4 rings (SSSR count). The molecule has 30 heavy (non-hydrogen) atoms. The molecular weight excluding hydrogens is 422 g/mol. The van der Waals surface area contributed by atoms with E-state index in [0.29, 0.717) is 11.7 Å². The number of rotatable bonds is 5. The fourth-order valence-electron chi connectivity index (χ4n) is 3.79. The molecule has 6 nitrogen and oxygen atoms in total. The Bertz CT molecular complexity index is 1180. The van der Waals surface area contributed by atoms with Gasteiger partial charge in [-0.3, -0.25) is 4.79 Å². The molecule has 0 atom stereocenters. The number of anilines is 1. The van der Waals surface area contributed by atoms with E-state index in [-0.39, 0.29) is 15.5 Å². The number of halogens is 1. The molecule has 1 amide bonds. The predicted octanol–water partition coefficient (Wildman–Crippen LogP) is 4.84. The van der Waals surface area contributed by atoms with Crippen molar-refractivity contribution in [3.05, 3.63) is 70.9 Å². The van der Waals surface area contributed by atoms with Crippen LogP contribution in [-0.2, 0) is 9.84 Å². The van der Waals surface area contributed by atoms with Crippen LogP contribution in [0.3, 0.4) is 0 Å². The van der Waals surface area contributed by atoms with E-state index >= 15 is 0 Å². The molecule has 8 heteroatoms. The third-order valence-corrected chi connectivity index (χ3v) is 6.92. The highest BCUT2D eigenvalue weighted by Gasteiger charge is 2.23. The summed E-state index contributed by atoms with van der Waals surface area (Å²) in [4.78, 5) is 12.9. The van der Waals surface area contributed by atoms with Gasteiger partial charge in [0.05, 0.1) is 21.3 Å². The van der Waals surface area contributed by atoms with Crippen molar-refractivity contribution in [3.8, 4) is 5.69 Å². The summed E-state index contributed by atoms with van der Waals surface area (Å²) in [5, 5.41) is 7.75. The monoisotopic (exact) mass is 443 g/mol. The molecule has 1 saturated carbocycles. The maximum atomic E-state index is 12.9.